The number of thioether (sulfide) groups is 1. The molecule has 7 heteroatoms. The summed E-state index contributed by atoms with van der Waals surface area (Å²) in [4.78, 5) is 25.3. The van der Waals surface area contributed by atoms with Gasteiger partial charge in [-0.2, -0.15) is 0 Å². The number of hydrogen-bond donors (Lipinski definition) is 0. The van der Waals surface area contributed by atoms with E-state index in [9.17, 15) is 9.59 Å². The Hall–Kier alpha value is -3.19. The molecule has 0 radical (unpaired) electrons. The van der Waals surface area contributed by atoms with Gasteiger partial charge in [-0.3, -0.25) is 14.5 Å². The Bertz CT molecular complexity index is 1110. The Kier molecular flexibility index (Phi) is 6.32. The van der Waals surface area contributed by atoms with Gasteiger partial charge in [-0.25, -0.2) is 0 Å². The lowest BCUT2D eigenvalue weighted by Crippen LogP contribution is -2.28. The molecule has 0 N–H and O–H groups in total. The summed E-state index contributed by atoms with van der Waals surface area (Å²) in [7, 11) is 3.23. The molecule has 31 heavy (non-hydrogen) atoms. The van der Waals surface area contributed by atoms with Crippen LogP contribution in [0, 0.1) is 0 Å². The van der Waals surface area contributed by atoms with E-state index >= 15 is 0 Å². The molecule has 0 unspecified atom stereocenters. The molecule has 4 rings (SSSR count). The number of benzene rings is 3. The second-order valence-corrected chi connectivity index (χ2v) is 8.02. The zero-order valence-corrected chi connectivity index (χ0v) is 18.2. The average molecular weight is 438 g/mol. The van der Waals surface area contributed by atoms with Gasteiger partial charge in [-0.15, -0.1) is 0 Å². The summed E-state index contributed by atoms with van der Waals surface area (Å²) in [5, 5.41) is 1.74. The van der Waals surface area contributed by atoms with E-state index in [1.54, 1.807) is 14.2 Å². The highest BCUT2D eigenvalue weighted by Gasteiger charge is 2.30. The van der Waals surface area contributed by atoms with Crippen molar-refractivity contribution in [3.05, 3.63) is 65.7 Å². The van der Waals surface area contributed by atoms with Crippen LogP contribution < -0.4 is 14.2 Å². The summed E-state index contributed by atoms with van der Waals surface area (Å²) >= 11 is 1.05. The molecule has 1 aliphatic rings. The normalized spacial score (nSPS) is 13.7. The minimum atomic E-state index is -0.190. The molecule has 0 bridgehead atoms. The Labute approximate surface area is 185 Å². The van der Waals surface area contributed by atoms with Crippen molar-refractivity contribution in [2.24, 2.45) is 0 Å². The third-order valence-corrected chi connectivity index (χ3v) is 6.10. The number of hydrogen-bond acceptors (Lipinski definition) is 6. The number of nitrogens with zero attached hydrogens (tertiary/aromatic N) is 1. The van der Waals surface area contributed by atoms with Gasteiger partial charge in [0.1, 0.15) is 5.75 Å². The summed E-state index contributed by atoms with van der Waals surface area (Å²) < 4.78 is 16.7. The molecule has 1 saturated heterocycles. The van der Waals surface area contributed by atoms with Crippen molar-refractivity contribution in [1.29, 1.82) is 0 Å². The van der Waals surface area contributed by atoms with Crippen molar-refractivity contribution in [1.82, 2.24) is 4.90 Å². The fourth-order valence-electron chi connectivity index (χ4n) is 3.62. The van der Waals surface area contributed by atoms with Gasteiger partial charge in [-0.1, -0.05) is 48.2 Å². The lowest BCUT2D eigenvalue weighted by atomic mass is 10.0. The summed E-state index contributed by atoms with van der Waals surface area (Å²) in [5.41, 5.74) is 2.01. The Morgan fingerprint density at radius 3 is 2.35 bits per heavy atom. The van der Waals surface area contributed by atoms with Gasteiger partial charge in [0.15, 0.2) is 11.5 Å². The first kappa shape index (κ1) is 21.1. The predicted molar refractivity (Wildman–Crippen MR) is 121 cm³/mol. The molecule has 6 nitrogen and oxygen atoms in total. The standard InChI is InChI=1S/C24H23NO5S/c1-28-21-9-7-16(13-22(21)29-2)11-12-30-20-10-8-17(18-5-3-4-6-19(18)20)14-25-23(26)15-31-24(25)27/h3-10,13H,11-12,14-15H2,1-2H3. The van der Waals surface area contributed by atoms with E-state index in [-0.39, 0.29) is 23.4 Å². The van der Waals surface area contributed by atoms with Gasteiger partial charge in [0.2, 0.25) is 5.91 Å². The molecule has 0 aliphatic carbocycles. The van der Waals surface area contributed by atoms with Gasteiger partial charge >= 0.3 is 0 Å². The molecule has 3 aromatic rings. The van der Waals surface area contributed by atoms with Crippen LogP contribution in [-0.4, -0.2) is 42.6 Å². The number of rotatable bonds is 8. The first-order chi connectivity index (χ1) is 15.1. The molecule has 0 aromatic heterocycles. The Morgan fingerprint density at radius 2 is 1.65 bits per heavy atom. The zero-order chi connectivity index (χ0) is 21.8. The molecule has 2 amide bonds. The van der Waals surface area contributed by atoms with Crippen molar-refractivity contribution >= 4 is 33.7 Å². The van der Waals surface area contributed by atoms with Gasteiger partial charge < -0.3 is 14.2 Å². The molecule has 1 heterocycles. The van der Waals surface area contributed by atoms with Gasteiger partial charge in [0.25, 0.3) is 5.24 Å². The fourth-order valence-corrected chi connectivity index (χ4v) is 4.34. The van der Waals surface area contributed by atoms with Crippen molar-refractivity contribution in [2.75, 3.05) is 26.6 Å². The van der Waals surface area contributed by atoms with Crippen LogP contribution in [0.15, 0.2) is 54.6 Å². The highest BCUT2D eigenvalue weighted by atomic mass is 32.2. The SMILES string of the molecule is COc1ccc(CCOc2ccc(CN3C(=O)CSC3=O)c3ccccc23)cc1OC. The summed E-state index contributed by atoms with van der Waals surface area (Å²) in [6.07, 6.45) is 0.713. The lowest BCUT2D eigenvalue weighted by Gasteiger charge is -2.17. The molecule has 1 fully saturated rings. The number of carbonyl (C=O) groups excluding carboxylic acids is 2. The van der Waals surface area contributed by atoms with Crippen LogP contribution in [0.3, 0.4) is 0 Å². The average Bonchev–Trinajstić information content (AvgIpc) is 3.12. The number of methoxy groups -OCH3 is 2. The minimum absolute atomic E-state index is 0.144. The third-order valence-electron chi connectivity index (χ3n) is 5.24. The molecular formula is C24H23NO5S. The maximum Gasteiger partial charge on any atom is 0.289 e. The monoisotopic (exact) mass is 437 g/mol. The lowest BCUT2D eigenvalue weighted by molar-refractivity contribution is -0.124. The molecule has 1 aliphatic heterocycles. The van der Waals surface area contributed by atoms with Crippen LogP contribution in [0.25, 0.3) is 10.8 Å². The summed E-state index contributed by atoms with van der Waals surface area (Å²) in [6, 6.07) is 17.5. The van der Waals surface area contributed by atoms with Crippen molar-refractivity contribution < 1.29 is 23.8 Å². The van der Waals surface area contributed by atoms with Crippen LogP contribution in [0.5, 0.6) is 17.2 Å². The Balaban J connectivity index is 1.50. The largest absolute Gasteiger partial charge is 0.493 e. The van der Waals surface area contributed by atoms with E-state index in [0.29, 0.717) is 24.5 Å². The number of fused-ring (bicyclic) bond motifs is 1. The number of imide groups is 1. The van der Waals surface area contributed by atoms with Crippen LogP contribution in [0.2, 0.25) is 0 Å². The van der Waals surface area contributed by atoms with E-state index in [4.69, 9.17) is 14.2 Å². The van der Waals surface area contributed by atoms with Gasteiger partial charge in [-0.05, 0) is 34.7 Å². The van der Waals surface area contributed by atoms with E-state index in [0.717, 1.165) is 39.4 Å². The zero-order valence-electron chi connectivity index (χ0n) is 17.4. The van der Waals surface area contributed by atoms with E-state index < -0.39 is 0 Å². The van der Waals surface area contributed by atoms with Crippen molar-refractivity contribution in [3.8, 4) is 17.2 Å². The number of amides is 2. The first-order valence-electron chi connectivity index (χ1n) is 9.92. The van der Waals surface area contributed by atoms with Crippen molar-refractivity contribution in [2.45, 2.75) is 13.0 Å². The summed E-state index contributed by atoms with van der Waals surface area (Å²) in [5.74, 6) is 2.23. The maximum atomic E-state index is 12.0. The predicted octanol–water partition coefficient (Wildman–Crippen LogP) is 4.67. The van der Waals surface area contributed by atoms with E-state index in [1.165, 1.54) is 4.90 Å². The van der Waals surface area contributed by atoms with Crippen molar-refractivity contribution in [3.63, 3.8) is 0 Å². The molecule has 0 spiro atoms. The minimum Gasteiger partial charge on any atom is -0.493 e. The Morgan fingerprint density at radius 1 is 0.903 bits per heavy atom. The highest BCUT2D eigenvalue weighted by molar-refractivity contribution is 8.14. The van der Waals surface area contributed by atoms with Crippen LogP contribution in [-0.2, 0) is 17.8 Å². The molecule has 0 atom stereocenters. The number of carbonyl (C=O) groups is 2. The van der Waals surface area contributed by atoms with E-state index in [2.05, 4.69) is 0 Å². The van der Waals surface area contributed by atoms with Crippen LogP contribution in [0.4, 0.5) is 4.79 Å². The van der Waals surface area contributed by atoms with Crippen LogP contribution in [0.1, 0.15) is 11.1 Å². The fraction of sp³-hybridized carbons (Fsp3) is 0.250. The van der Waals surface area contributed by atoms with Gasteiger partial charge in [0.05, 0.1) is 33.1 Å². The molecule has 160 valence electrons. The van der Waals surface area contributed by atoms with Gasteiger partial charge in [0, 0.05) is 11.8 Å². The third kappa shape index (κ3) is 4.46. The molecule has 0 saturated carbocycles. The summed E-state index contributed by atoms with van der Waals surface area (Å²) in [6.45, 7) is 0.773. The van der Waals surface area contributed by atoms with E-state index in [1.807, 2.05) is 54.6 Å². The first-order valence-corrected chi connectivity index (χ1v) is 10.9. The topological polar surface area (TPSA) is 65.1 Å². The smallest absolute Gasteiger partial charge is 0.289 e. The molecular weight excluding hydrogens is 414 g/mol. The number of ether oxygens (including phenoxy) is 3. The maximum absolute atomic E-state index is 12.0. The van der Waals surface area contributed by atoms with Crippen LogP contribution >= 0.6 is 11.8 Å². The highest BCUT2D eigenvalue weighted by Crippen LogP contribution is 2.32. The second kappa shape index (κ2) is 9.31. The molecule has 3 aromatic carbocycles. The second-order valence-electron chi connectivity index (χ2n) is 7.09. The quantitative estimate of drug-likeness (QED) is 0.510.